The van der Waals surface area contributed by atoms with Crippen molar-refractivity contribution in [1.29, 1.82) is 0 Å². The predicted octanol–water partition coefficient (Wildman–Crippen LogP) is 2.44. The first-order valence-corrected chi connectivity index (χ1v) is 9.66. The van der Waals surface area contributed by atoms with Crippen molar-refractivity contribution in [1.82, 2.24) is 9.55 Å². The fourth-order valence-corrected chi connectivity index (χ4v) is 2.71. The topological polar surface area (TPSA) is 138 Å². The normalized spacial score (nSPS) is 22.8. The van der Waals surface area contributed by atoms with Crippen LogP contribution in [0.5, 0.6) is 0 Å². The summed E-state index contributed by atoms with van der Waals surface area (Å²) in [6, 6.07) is 1.08. The Labute approximate surface area is 182 Å². The van der Waals surface area contributed by atoms with Gasteiger partial charge in [0.2, 0.25) is 12.3 Å². The monoisotopic (exact) mass is 463 g/mol. The maximum absolute atomic E-state index is 15.0. The molecule has 0 bridgehead atoms. The van der Waals surface area contributed by atoms with Gasteiger partial charge in [0.15, 0.2) is 0 Å². The van der Waals surface area contributed by atoms with Crippen molar-refractivity contribution in [3.63, 3.8) is 0 Å². The number of nitrogens with one attached hydrogen (secondary N) is 1. The van der Waals surface area contributed by atoms with Gasteiger partial charge in [-0.25, -0.2) is 14.4 Å². The van der Waals surface area contributed by atoms with Gasteiger partial charge >= 0.3 is 23.9 Å². The summed E-state index contributed by atoms with van der Waals surface area (Å²) >= 11 is 0. The summed E-state index contributed by atoms with van der Waals surface area (Å²) in [7, 11) is 0. The van der Waals surface area contributed by atoms with Crippen molar-refractivity contribution in [2.75, 3.05) is 11.9 Å². The molecule has 13 heteroatoms. The van der Waals surface area contributed by atoms with Crippen molar-refractivity contribution in [2.45, 2.75) is 77.1 Å². The molecule has 2 heterocycles. The molecule has 1 aromatic heterocycles. The number of halogens is 2. The third kappa shape index (κ3) is 6.36. The van der Waals surface area contributed by atoms with E-state index in [9.17, 15) is 19.5 Å². The Kier molecular flexibility index (Phi) is 7.15. The summed E-state index contributed by atoms with van der Waals surface area (Å²) in [6.07, 6.45) is -7.44. The lowest BCUT2D eigenvalue weighted by molar-refractivity contribution is -0.149. The number of carbonyl (C=O) groups excluding carboxylic acids is 2. The first-order valence-electron chi connectivity index (χ1n) is 9.66. The standard InChI is InChI=1S/C19H27F2N3O8/c1-17(2,3)31-15(27)23-11-7-8-24(14(26)22-11)13-19(20,21)12(10(9-25)29-13)30-16(28)32-18(4,5)6/h7-8,10,12-13,25H,9H2,1-6H3,(H,22,23,26,27)/t10-,12-,13-/m1/s1. The van der Waals surface area contributed by atoms with Crippen LogP contribution in [0.15, 0.2) is 17.1 Å². The van der Waals surface area contributed by atoms with Crippen molar-refractivity contribution in [2.24, 2.45) is 0 Å². The molecule has 0 saturated carbocycles. The summed E-state index contributed by atoms with van der Waals surface area (Å²) in [4.78, 5) is 39.5. The number of amides is 1. The van der Waals surface area contributed by atoms with Crippen LogP contribution in [-0.4, -0.2) is 62.8 Å². The fraction of sp³-hybridized carbons (Fsp3) is 0.684. The van der Waals surface area contributed by atoms with Crippen LogP contribution in [0.3, 0.4) is 0 Å². The molecule has 1 aromatic rings. The van der Waals surface area contributed by atoms with Gasteiger partial charge in [-0.1, -0.05) is 0 Å². The molecule has 0 spiro atoms. The highest BCUT2D eigenvalue weighted by molar-refractivity contribution is 5.83. The Morgan fingerprint density at radius 3 is 2.31 bits per heavy atom. The minimum Gasteiger partial charge on any atom is -0.444 e. The van der Waals surface area contributed by atoms with E-state index in [4.69, 9.17) is 18.9 Å². The number of hydrogen-bond acceptors (Lipinski definition) is 9. The third-order valence-electron chi connectivity index (χ3n) is 3.85. The second-order valence-corrected chi connectivity index (χ2v) is 9.02. The largest absolute Gasteiger partial charge is 0.509 e. The number of aliphatic hydroxyl groups is 1. The average Bonchev–Trinajstić information content (AvgIpc) is 2.82. The Hall–Kier alpha value is -2.80. The zero-order valence-corrected chi connectivity index (χ0v) is 18.5. The van der Waals surface area contributed by atoms with E-state index in [1.165, 1.54) is 20.8 Å². The lowest BCUT2D eigenvalue weighted by Crippen LogP contribution is -2.45. The smallest absolute Gasteiger partial charge is 0.444 e. The third-order valence-corrected chi connectivity index (χ3v) is 3.85. The highest BCUT2D eigenvalue weighted by Gasteiger charge is 2.62. The minimum absolute atomic E-state index is 0.234. The molecule has 1 fully saturated rings. The molecule has 2 N–H and O–H groups in total. The summed E-state index contributed by atoms with van der Waals surface area (Å²) in [6.45, 7) is 8.52. The van der Waals surface area contributed by atoms with Crippen molar-refractivity contribution < 1.29 is 42.4 Å². The quantitative estimate of drug-likeness (QED) is 0.645. The van der Waals surface area contributed by atoms with Gasteiger partial charge in [0.05, 0.1) is 6.61 Å². The van der Waals surface area contributed by atoms with Crippen LogP contribution in [-0.2, 0) is 18.9 Å². The molecule has 0 radical (unpaired) electrons. The average molecular weight is 463 g/mol. The Balaban J connectivity index is 2.23. The van der Waals surface area contributed by atoms with Gasteiger partial charge in [-0.2, -0.15) is 13.8 Å². The number of hydrogen-bond donors (Lipinski definition) is 2. The van der Waals surface area contributed by atoms with Crippen LogP contribution in [0.25, 0.3) is 0 Å². The number of rotatable bonds is 4. The van der Waals surface area contributed by atoms with Crippen molar-refractivity contribution in [3.05, 3.63) is 22.7 Å². The van der Waals surface area contributed by atoms with Crippen molar-refractivity contribution in [3.8, 4) is 0 Å². The predicted molar refractivity (Wildman–Crippen MR) is 105 cm³/mol. The van der Waals surface area contributed by atoms with E-state index in [1.54, 1.807) is 20.8 Å². The molecule has 2 rings (SSSR count). The van der Waals surface area contributed by atoms with Gasteiger partial charge in [0.1, 0.15) is 23.1 Å². The number of ether oxygens (including phenoxy) is 4. The zero-order valence-electron chi connectivity index (χ0n) is 18.5. The van der Waals surface area contributed by atoms with Crippen molar-refractivity contribution >= 4 is 18.1 Å². The van der Waals surface area contributed by atoms with Crippen LogP contribution in [0.2, 0.25) is 0 Å². The van der Waals surface area contributed by atoms with E-state index in [1.807, 2.05) is 0 Å². The Morgan fingerprint density at radius 2 is 1.81 bits per heavy atom. The van der Waals surface area contributed by atoms with Crippen LogP contribution in [0.1, 0.15) is 47.8 Å². The Bertz CT molecular complexity index is 907. The van der Waals surface area contributed by atoms with E-state index in [2.05, 4.69) is 10.3 Å². The second kappa shape index (κ2) is 8.98. The molecule has 0 aliphatic carbocycles. The molecule has 0 aromatic carbocycles. The summed E-state index contributed by atoms with van der Waals surface area (Å²) in [5, 5.41) is 11.6. The first-order chi connectivity index (χ1) is 14.5. The van der Waals surface area contributed by atoms with Gasteiger partial charge < -0.3 is 24.1 Å². The highest BCUT2D eigenvalue weighted by atomic mass is 19.3. The van der Waals surface area contributed by atoms with E-state index in [0.29, 0.717) is 4.57 Å². The maximum Gasteiger partial charge on any atom is 0.509 e. The first kappa shape index (κ1) is 25.5. The van der Waals surface area contributed by atoms with Crippen LogP contribution < -0.4 is 11.0 Å². The van der Waals surface area contributed by atoms with Gasteiger partial charge in [-0.15, -0.1) is 0 Å². The van der Waals surface area contributed by atoms with Crippen LogP contribution in [0.4, 0.5) is 24.2 Å². The second-order valence-electron chi connectivity index (χ2n) is 9.02. The number of aliphatic hydroxyl groups excluding tert-OH is 1. The molecule has 1 amide bonds. The Morgan fingerprint density at radius 1 is 1.22 bits per heavy atom. The van der Waals surface area contributed by atoms with E-state index in [-0.39, 0.29) is 5.82 Å². The molecule has 32 heavy (non-hydrogen) atoms. The van der Waals surface area contributed by atoms with Gasteiger partial charge in [-0.05, 0) is 47.6 Å². The summed E-state index contributed by atoms with van der Waals surface area (Å²) in [5.74, 6) is -4.15. The molecule has 1 aliphatic rings. The highest BCUT2D eigenvalue weighted by Crippen LogP contribution is 2.44. The number of anilines is 1. The summed E-state index contributed by atoms with van der Waals surface area (Å²) in [5.41, 5.74) is -2.99. The molecule has 3 atom stereocenters. The molecule has 11 nitrogen and oxygen atoms in total. The van der Waals surface area contributed by atoms with E-state index in [0.717, 1.165) is 12.3 Å². The molecule has 0 unspecified atom stereocenters. The van der Waals surface area contributed by atoms with E-state index < -0.39 is 60.1 Å². The number of aromatic nitrogens is 2. The molecular formula is C19H27F2N3O8. The van der Waals surface area contributed by atoms with E-state index >= 15 is 8.78 Å². The zero-order chi connectivity index (χ0) is 24.5. The lowest BCUT2D eigenvalue weighted by atomic mass is 10.1. The van der Waals surface area contributed by atoms with Crippen LogP contribution >= 0.6 is 0 Å². The fourth-order valence-electron chi connectivity index (χ4n) is 2.71. The maximum atomic E-state index is 15.0. The SMILES string of the molecule is CC(C)(C)OC(=O)Nc1ccn([C@@H]2O[C@H](CO)[C@@H](OC(=O)OC(C)(C)C)C2(F)F)c(=O)n1. The molecular weight excluding hydrogens is 436 g/mol. The van der Waals surface area contributed by atoms with Gasteiger partial charge in [-0.3, -0.25) is 9.88 Å². The number of alkyl halides is 2. The summed E-state index contributed by atoms with van der Waals surface area (Å²) < 4.78 is 50.2. The van der Waals surface area contributed by atoms with Crippen LogP contribution in [0, 0.1) is 0 Å². The van der Waals surface area contributed by atoms with Gasteiger partial charge in [0.25, 0.3) is 0 Å². The van der Waals surface area contributed by atoms with Gasteiger partial charge in [0, 0.05) is 6.20 Å². The molecule has 1 saturated heterocycles. The molecule has 180 valence electrons. The number of nitrogens with zero attached hydrogens (tertiary/aromatic N) is 2. The lowest BCUT2D eigenvalue weighted by Gasteiger charge is -2.25. The number of carbonyl (C=O) groups is 2. The minimum atomic E-state index is -3.92. The molecule has 1 aliphatic heterocycles.